The molecule has 0 aliphatic carbocycles. The van der Waals surface area contributed by atoms with Crippen LogP contribution in [0.2, 0.25) is 0 Å². The highest BCUT2D eigenvalue weighted by Crippen LogP contribution is 2.20. The van der Waals surface area contributed by atoms with Crippen molar-refractivity contribution < 1.29 is 9.90 Å². The van der Waals surface area contributed by atoms with Gasteiger partial charge in [0.05, 0.1) is 17.8 Å². The van der Waals surface area contributed by atoms with Gasteiger partial charge in [-0.05, 0) is 38.1 Å². The molecule has 2 aromatic rings. The molecule has 2 heterocycles. The number of aromatic nitrogens is 1. The van der Waals surface area contributed by atoms with Gasteiger partial charge in [0.15, 0.2) is 0 Å². The van der Waals surface area contributed by atoms with E-state index in [1.165, 1.54) is 11.3 Å². The summed E-state index contributed by atoms with van der Waals surface area (Å²) >= 11 is 1.53. The molecule has 0 amide bonds. The van der Waals surface area contributed by atoms with Crippen LogP contribution in [-0.4, -0.2) is 16.1 Å². The third kappa shape index (κ3) is 3.79. The van der Waals surface area contributed by atoms with Crippen LogP contribution in [0.15, 0.2) is 24.3 Å². The summed E-state index contributed by atoms with van der Waals surface area (Å²) < 4.78 is 0. The van der Waals surface area contributed by atoms with Crippen molar-refractivity contribution in [1.29, 1.82) is 0 Å². The van der Waals surface area contributed by atoms with Crippen molar-refractivity contribution >= 4 is 23.0 Å². The highest BCUT2D eigenvalue weighted by atomic mass is 32.1. The molecule has 0 saturated carbocycles. The zero-order chi connectivity index (χ0) is 13.8. The molecular weight excluding hydrogens is 260 g/mol. The lowest BCUT2D eigenvalue weighted by atomic mass is 10.2. The number of nitrogens with zero attached hydrogens (tertiary/aromatic N) is 1. The Morgan fingerprint density at radius 2 is 2.00 bits per heavy atom. The Morgan fingerprint density at radius 3 is 2.68 bits per heavy atom. The predicted octanol–water partition coefficient (Wildman–Crippen LogP) is 3.00. The number of carboxylic acid groups (broad SMARTS) is 1. The number of anilines is 1. The summed E-state index contributed by atoms with van der Waals surface area (Å²) in [7, 11) is 0. The number of aliphatic carboxylic acids is 1. The number of thiophene rings is 1. The fourth-order valence-corrected chi connectivity index (χ4v) is 2.77. The van der Waals surface area contributed by atoms with Gasteiger partial charge >= 0.3 is 5.97 Å². The van der Waals surface area contributed by atoms with Gasteiger partial charge in [0, 0.05) is 22.0 Å². The van der Waals surface area contributed by atoms with Crippen molar-refractivity contribution in [2.75, 3.05) is 5.32 Å². The zero-order valence-electron chi connectivity index (χ0n) is 10.9. The van der Waals surface area contributed by atoms with E-state index in [4.69, 9.17) is 5.11 Å². The van der Waals surface area contributed by atoms with Gasteiger partial charge in [-0.2, -0.15) is 0 Å². The molecular formula is C14H16N2O2S. The van der Waals surface area contributed by atoms with Crippen LogP contribution < -0.4 is 5.32 Å². The van der Waals surface area contributed by atoms with E-state index < -0.39 is 5.97 Å². The minimum absolute atomic E-state index is 0.0930. The summed E-state index contributed by atoms with van der Waals surface area (Å²) in [4.78, 5) is 17.0. The molecule has 0 aliphatic rings. The van der Waals surface area contributed by atoms with Crippen molar-refractivity contribution in [3.05, 3.63) is 45.4 Å². The molecule has 2 aromatic heterocycles. The maximum atomic E-state index is 10.6. The molecule has 2 N–H and O–H groups in total. The normalized spacial score (nSPS) is 10.4. The lowest BCUT2D eigenvalue weighted by molar-refractivity contribution is -0.136. The minimum atomic E-state index is -0.792. The van der Waals surface area contributed by atoms with E-state index in [2.05, 4.69) is 10.3 Å². The number of hydrogen-bond acceptors (Lipinski definition) is 4. The van der Waals surface area contributed by atoms with Crippen LogP contribution in [0.25, 0.3) is 0 Å². The topological polar surface area (TPSA) is 62.2 Å². The zero-order valence-corrected chi connectivity index (χ0v) is 11.8. The molecule has 0 spiro atoms. The summed E-state index contributed by atoms with van der Waals surface area (Å²) in [5, 5.41) is 12.1. The Bertz CT molecular complexity index is 593. The van der Waals surface area contributed by atoms with Crippen LogP contribution >= 0.6 is 11.3 Å². The molecule has 0 aliphatic heterocycles. The highest BCUT2D eigenvalue weighted by molar-refractivity contribution is 7.12. The average molecular weight is 276 g/mol. The lowest BCUT2D eigenvalue weighted by Crippen LogP contribution is -2.01. The molecule has 0 saturated heterocycles. The largest absolute Gasteiger partial charge is 0.481 e. The van der Waals surface area contributed by atoms with Gasteiger partial charge in [-0.1, -0.05) is 0 Å². The first-order valence-electron chi connectivity index (χ1n) is 6.02. The van der Waals surface area contributed by atoms with E-state index in [1.807, 2.05) is 38.1 Å². The molecule has 0 aromatic carbocycles. The number of rotatable bonds is 5. The first-order valence-corrected chi connectivity index (χ1v) is 6.84. The van der Waals surface area contributed by atoms with Crippen molar-refractivity contribution in [3.8, 4) is 0 Å². The third-order valence-electron chi connectivity index (χ3n) is 2.72. The van der Waals surface area contributed by atoms with E-state index in [9.17, 15) is 4.79 Å². The van der Waals surface area contributed by atoms with E-state index in [0.717, 1.165) is 26.8 Å². The number of carboxylic acids is 1. The van der Waals surface area contributed by atoms with Gasteiger partial charge in [0.25, 0.3) is 0 Å². The van der Waals surface area contributed by atoms with Crippen LogP contribution in [0.5, 0.6) is 0 Å². The molecule has 0 unspecified atom stereocenters. The van der Waals surface area contributed by atoms with E-state index >= 15 is 0 Å². The molecule has 0 fully saturated rings. The minimum Gasteiger partial charge on any atom is -0.481 e. The van der Waals surface area contributed by atoms with Crippen molar-refractivity contribution in [1.82, 2.24) is 4.98 Å². The Balaban J connectivity index is 1.98. The summed E-state index contributed by atoms with van der Waals surface area (Å²) in [5.41, 5.74) is 2.99. The smallest absolute Gasteiger partial charge is 0.308 e. The molecule has 19 heavy (non-hydrogen) atoms. The molecule has 2 rings (SSSR count). The van der Waals surface area contributed by atoms with Gasteiger partial charge < -0.3 is 10.4 Å². The number of nitrogens with one attached hydrogen (secondary N) is 1. The van der Waals surface area contributed by atoms with Gasteiger partial charge in [0.2, 0.25) is 0 Å². The van der Waals surface area contributed by atoms with Crippen LogP contribution in [0.3, 0.4) is 0 Å². The second-order valence-corrected chi connectivity index (χ2v) is 5.63. The standard InChI is InChI=1S/C14H16N2O2S/c1-9-3-6-13(10(2)16-9)15-8-12-5-4-11(19-12)7-14(17)18/h3-6,15H,7-8H2,1-2H3,(H,17,18). The molecule has 5 heteroatoms. The van der Waals surface area contributed by atoms with Gasteiger partial charge in [-0.3, -0.25) is 9.78 Å². The molecule has 0 radical (unpaired) electrons. The Morgan fingerprint density at radius 1 is 1.26 bits per heavy atom. The summed E-state index contributed by atoms with van der Waals surface area (Å²) in [6.07, 6.45) is 0.0930. The fourth-order valence-electron chi connectivity index (χ4n) is 1.82. The van der Waals surface area contributed by atoms with Crippen LogP contribution in [-0.2, 0) is 17.8 Å². The maximum Gasteiger partial charge on any atom is 0.308 e. The molecule has 0 bridgehead atoms. The van der Waals surface area contributed by atoms with Gasteiger partial charge in [0.1, 0.15) is 0 Å². The summed E-state index contributed by atoms with van der Waals surface area (Å²) in [6, 6.07) is 7.83. The van der Waals surface area contributed by atoms with E-state index in [1.54, 1.807) is 0 Å². The van der Waals surface area contributed by atoms with Crippen LogP contribution in [0.4, 0.5) is 5.69 Å². The highest BCUT2D eigenvalue weighted by Gasteiger charge is 2.05. The average Bonchev–Trinajstić information content (AvgIpc) is 2.74. The van der Waals surface area contributed by atoms with Crippen molar-refractivity contribution in [3.63, 3.8) is 0 Å². The molecule has 0 atom stereocenters. The second kappa shape index (κ2) is 5.84. The number of hydrogen-bond donors (Lipinski definition) is 2. The van der Waals surface area contributed by atoms with Crippen LogP contribution in [0.1, 0.15) is 21.1 Å². The van der Waals surface area contributed by atoms with E-state index in [-0.39, 0.29) is 6.42 Å². The summed E-state index contributed by atoms with van der Waals surface area (Å²) in [6.45, 7) is 4.63. The second-order valence-electron chi connectivity index (χ2n) is 4.38. The first kappa shape index (κ1) is 13.5. The number of aryl methyl sites for hydroxylation is 2. The van der Waals surface area contributed by atoms with Gasteiger partial charge in [-0.25, -0.2) is 0 Å². The van der Waals surface area contributed by atoms with E-state index in [0.29, 0.717) is 6.54 Å². The Labute approximate surface area is 116 Å². The maximum absolute atomic E-state index is 10.6. The fraction of sp³-hybridized carbons (Fsp3) is 0.286. The van der Waals surface area contributed by atoms with Gasteiger partial charge in [-0.15, -0.1) is 11.3 Å². The van der Waals surface area contributed by atoms with Crippen molar-refractivity contribution in [2.45, 2.75) is 26.8 Å². The Hall–Kier alpha value is -1.88. The third-order valence-corrected chi connectivity index (χ3v) is 3.81. The predicted molar refractivity (Wildman–Crippen MR) is 76.7 cm³/mol. The monoisotopic (exact) mass is 276 g/mol. The SMILES string of the molecule is Cc1ccc(NCc2ccc(CC(=O)O)s2)c(C)n1. The first-order chi connectivity index (χ1) is 9.04. The van der Waals surface area contributed by atoms with Crippen molar-refractivity contribution in [2.24, 2.45) is 0 Å². The van der Waals surface area contributed by atoms with Crippen LogP contribution in [0, 0.1) is 13.8 Å². The summed E-state index contributed by atoms with van der Waals surface area (Å²) in [5.74, 6) is -0.792. The molecule has 100 valence electrons. The Kier molecular flexibility index (Phi) is 4.16. The number of carbonyl (C=O) groups is 1. The quantitative estimate of drug-likeness (QED) is 0.881. The number of pyridine rings is 1. The molecule has 4 nitrogen and oxygen atoms in total. The lowest BCUT2D eigenvalue weighted by Gasteiger charge is -2.08.